The minimum absolute atomic E-state index is 0.175. The van der Waals surface area contributed by atoms with E-state index in [0.29, 0.717) is 10.6 Å². The molecule has 0 unspecified atom stereocenters. The zero-order valence-corrected chi connectivity index (χ0v) is 18.6. The lowest BCUT2D eigenvalue weighted by Gasteiger charge is -2.24. The highest BCUT2D eigenvalue weighted by Gasteiger charge is 2.38. The van der Waals surface area contributed by atoms with Crippen molar-refractivity contribution in [1.82, 2.24) is 5.32 Å². The minimum Gasteiger partial charge on any atom is -0.372 e. The van der Waals surface area contributed by atoms with Gasteiger partial charge in [0.15, 0.2) is 0 Å². The maximum absolute atomic E-state index is 12.7. The first kappa shape index (κ1) is 21.1. The van der Waals surface area contributed by atoms with Gasteiger partial charge in [-0.25, -0.2) is 0 Å². The molecule has 152 valence electrons. The van der Waals surface area contributed by atoms with E-state index >= 15 is 0 Å². The molecule has 0 saturated heterocycles. The van der Waals surface area contributed by atoms with E-state index in [0.717, 1.165) is 24.5 Å². The molecule has 1 heterocycles. The van der Waals surface area contributed by atoms with Crippen molar-refractivity contribution in [3.8, 4) is 0 Å². The van der Waals surface area contributed by atoms with Crippen LogP contribution < -0.4 is 15.1 Å². The van der Waals surface area contributed by atoms with Gasteiger partial charge < -0.3 is 15.1 Å². The van der Waals surface area contributed by atoms with Crippen molar-refractivity contribution in [2.75, 3.05) is 29.9 Å². The summed E-state index contributed by atoms with van der Waals surface area (Å²) in [5, 5.41) is 2.86. The van der Waals surface area contributed by atoms with Crippen molar-refractivity contribution in [2.24, 2.45) is 0 Å². The smallest absolute Gasteiger partial charge is 0.256 e. The third-order valence-corrected chi connectivity index (χ3v) is 5.92. The molecule has 0 spiro atoms. The van der Waals surface area contributed by atoms with Gasteiger partial charge >= 0.3 is 0 Å². The summed E-state index contributed by atoms with van der Waals surface area (Å²) in [5.74, 6) is -0.186. The average molecular weight is 408 g/mol. The Morgan fingerprint density at radius 3 is 2.31 bits per heavy atom. The summed E-state index contributed by atoms with van der Waals surface area (Å²) in [7, 11) is 2.04. The molecule has 0 atom stereocenters. The molecular weight excluding hydrogens is 378 g/mol. The summed E-state index contributed by atoms with van der Waals surface area (Å²) in [4.78, 5) is 17.5. The molecule has 1 aliphatic rings. The Hall–Kier alpha value is -2.66. The first-order valence-corrected chi connectivity index (χ1v) is 10.5. The fourth-order valence-corrected chi connectivity index (χ4v) is 4.22. The number of hydrogen-bond acceptors (Lipinski definition) is 4. The normalized spacial score (nSPS) is 15.9. The molecule has 4 nitrogen and oxygen atoms in total. The summed E-state index contributed by atoms with van der Waals surface area (Å²) in [6.07, 6.45) is 1.90. The van der Waals surface area contributed by atoms with E-state index in [2.05, 4.69) is 61.0 Å². The Labute approximate surface area is 179 Å². The van der Waals surface area contributed by atoms with Crippen LogP contribution in [0, 0.1) is 0 Å². The monoisotopic (exact) mass is 407 g/mol. The van der Waals surface area contributed by atoms with Gasteiger partial charge in [0.05, 0.1) is 0 Å². The minimum atomic E-state index is -0.186. The van der Waals surface area contributed by atoms with Crippen LogP contribution >= 0.6 is 12.2 Å². The van der Waals surface area contributed by atoms with Gasteiger partial charge in [0.2, 0.25) is 0 Å². The van der Waals surface area contributed by atoms with E-state index in [9.17, 15) is 4.79 Å². The Morgan fingerprint density at radius 1 is 1.10 bits per heavy atom. The van der Waals surface area contributed by atoms with Crippen molar-refractivity contribution >= 4 is 34.5 Å². The Bertz CT molecular complexity index is 943. The molecule has 1 N–H and O–H groups in total. The van der Waals surface area contributed by atoms with Crippen LogP contribution in [0.25, 0.3) is 0 Å². The largest absolute Gasteiger partial charge is 0.372 e. The van der Waals surface area contributed by atoms with Gasteiger partial charge in [0.25, 0.3) is 5.91 Å². The number of rotatable bonds is 5. The number of fused-ring (bicyclic) bond motifs is 1. The molecule has 0 bridgehead atoms. The molecule has 0 saturated carbocycles. The standard InChI is InChI=1S/C24H29N3OS/c1-6-27(7-2)18-14-12-17(13-15-18)23(28)25-22(29)16-21-24(3,4)19-10-8-9-11-20(19)26(21)5/h8-16H,6-7H2,1-5H3,(H,25,28,29)/b21-16+. The van der Waals surface area contributed by atoms with E-state index in [1.165, 1.54) is 11.3 Å². The maximum Gasteiger partial charge on any atom is 0.256 e. The van der Waals surface area contributed by atoms with Gasteiger partial charge in [0.1, 0.15) is 4.99 Å². The van der Waals surface area contributed by atoms with Gasteiger partial charge in [-0.1, -0.05) is 44.3 Å². The summed E-state index contributed by atoms with van der Waals surface area (Å²) in [5.41, 5.74) is 5.04. The zero-order valence-electron chi connectivity index (χ0n) is 17.8. The highest BCUT2D eigenvalue weighted by Crippen LogP contribution is 2.46. The van der Waals surface area contributed by atoms with E-state index in [1.54, 1.807) is 0 Å². The topological polar surface area (TPSA) is 35.6 Å². The molecule has 0 aromatic heterocycles. The lowest BCUT2D eigenvalue weighted by Crippen LogP contribution is -2.31. The number of carbonyl (C=O) groups is 1. The second-order valence-electron chi connectivity index (χ2n) is 7.77. The highest BCUT2D eigenvalue weighted by molar-refractivity contribution is 7.80. The molecule has 2 aromatic rings. The number of thiocarbonyl (C=S) groups is 1. The first-order valence-electron chi connectivity index (χ1n) is 10.0. The zero-order chi connectivity index (χ0) is 21.2. The predicted octanol–water partition coefficient (Wildman–Crippen LogP) is 4.90. The maximum atomic E-state index is 12.7. The van der Waals surface area contributed by atoms with Crippen molar-refractivity contribution in [3.05, 3.63) is 71.4 Å². The van der Waals surface area contributed by atoms with E-state index in [-0.39, 0.29) is 11.3 Å². The first-order chi connectivity index (χ1) is 13.8. The van der Waals surface area contributed by atoms with Crippen molar-refractivity contribution in [1.29, 1.82) is 0 Å². The third-order valence-electron chi connectivity index (χ3n) is 5.70. The van der Waals surface area contributed by atoms with Crippen LogP contribution in [0.1, 0.15) is 43.6 Å². The van der Waals surface area contributed by atoms with Crippen LogP contribution in [0.3, 0.4) is 0 Å². The number of nitrogens with zero attached hydrogens (tertiary/aromatic N) is 2. The Balaban J connectivity index is 1.75. The van der Waals surface area contributed by atoms with Gasteiger partial charge in [-0.05, 0) is 55.8 Å². The van der Waals surface area contributed by atoms with Gasteiger partial charge in [-0.15, -0.1) is 0 Å². The molecule has 1 aliphatic heterocycles. The van der Waals surface area contributed by atoms with E-state index in [4.69, 9.17) is 12.2 Å². The van der Waals surface area contributed by atoms with Crippen LogP contribution in [0.4, 0.5) is 11.4 Å². The fourth-order valence-electron chi connectivity index (χ4n) is 4.02. The number of allylic oxidation sites excluding steroid dienone is 1. The molecule has 5 heteroatoms. The van der Waals surface area contributed by atoms with Crippen molar-refractivity contribution in [3.63, 3.8) is 0 Å². The van der Waals surface area contributed by atoms with Gasteiger partial charge in [0, 0.05) is 48.2 Å². The molecule has 1 amide bonds. The summed E-state index contributed by atoms with van der Waals surface area (Å²) >= 11 is 5.49. The van der Waals surface area contributed by atoms with Crippen LogP contribution in [-0.2, 0) is 5.41 Å². The van der Waals surface area contributed by atoms with E-state index in [1.807, 2.05) is 43.5 Å². The number of benzene rings is 2. The highest BCUT2D eigenvalue weighted by atomic mass is 32.1. The van der Waals surface area contributed by atoms with Crippen LogP contribution in [0.15, 0.2) is 60.3 Å². The van der Waals surface area contributed by atoms with Crippen LogP contribution in [0.5, 0.6) is 0 Å². The lowest BCUT2D eigenvalue weighted by molar-refractivity contribution is 0.0978. The lowest BCUT2D eigenvalue weighted by atomic mass is 9.84. The number of anilines is 2. The molecule has 0 aliphatic carbocycles. The van der Waals surface area contributed by atoms with Crippen molar-refractivity contribution in [2.45, 2.75) is 33.1 Å². The number of carbonyl (C=O) groups excluding carboxylic acids is 1. The quantitative estimate of drug-likeness (QED) is 0.565. The van der Waals surface area contributed by atoms with Crippen molar-refractivity contribution < 1.29 is 4.79 Å². The van der Waals surface area contributed by atoms with Crippen LogP contribution in [0.2, 0.25) is 0 Å². The van der Waals surface area contributed by atoms with Gasteiger partial charge in [-0.2, -0.15) is 0 Å². The van der Waals surface area contributed by atoms with Crippen LogP contribution in [-0.4, -0.2) is 31.0 Å². The molecular formula is C24H29N3OS. The molecule has 0 fully saturated rings. The second-order valence-corrected chi connectivity index (χ2v) is 8.21. The number of para-hydroxylation sites is 1. The fraction of sp³-hybridized carbons (Fsp3) is 0.333. The second kappa shape index (κ2) is 8.37. The predicted molar refractivity (Wildman–Crippen MR) is 126 cm³/mol. The molecule has 0 radical (unpaired) electrons. The number of likely N-dealkylation sites (N-methyl/N-ethyl adjacent to an activating group) is 1. The summed E-state index contributed by atoms with van der Waals surface area (Å²) in [6, 6.07) is 16.0. The third kappa shape index (κ3) is 4.06. The Kier molecular flexibility index (Phi) is 6.08. The van der Waals surface area contributed by atoms with E-state index < -0.39 is 0 Å². The molecule has 3 rings (SSSR count). The van der Waals surface area contributed by atoms with Gasteiger partial charge in [-0.3, -0.25) is 4.79 Å². The SMILES string of the molecule is CCN(CC)c1ccc(C(=O)NC(=S)/C=C2/N(C)c3ccccc3C2(C)C)cc1. The molecule has 29 heavy (non-hydrogen) atoms. The summed E-state index contributed by atoms with van der Waals surface area (Å²) in [6.45, 7) is 10.5. The number of nitrogens with one attached hydrogen (secondary N) is 1. The Morgan fingerprint density at radius 2 is 1.72 bits per heavy atom. The average Bonchev–Trinajstić information content (AvgIpc) is 2.90. The summed E-state index contributed by atoms with van der Waals surface area (Å²) < 4.78 is 0. The molecule has 2 aromatic carbocycles. The number of hydrogen-bond donors (Lipinski definition) is 1. The number of amides is 1.